The van der Waals surface area contributed by atoms with Gasteiger partial charge in [-0.05, 0) is 42.2 Å². The van der Waals surface area contributed by atoms with E-state index < -0.39 is 5.60 Å². The average Bonchev–Trinajstić information content (AvgIpc) is 3.24. The quantitative estimate of drug-likeness (QED) is 0.577. The highest BCUT2D eigenvalue weighted by Gasteiger charge is 2.30. The molecule has 1 atom stereocenters. The van der Waals surface area contributed by atoms with Crippen LogP contribution in [0.3, 0.4) is 0 Å². The van der Waals surface area contributed by atoms with Crippen molar-refractivity contribution in [2.24, 2.45) is 0 Å². The summed E-state index contributed by atoms with van der Waals surface area (Å²) in [6, 6.07) is 14.3. The second-order valence-corrected chi connectivity index (χ2v) is 8.29. The fourth-order valence-corrected chi connectivity index (χ4v) is 4.71. The zero-order valence-corrected chi connectivity index (χ0v) is 16.4. The highest BCUT2D eigenvalue weighted by atomic mass is 32.1. The number of aliphatic hydroxyl groups is 1. The first-order valence-corrected chi connectivity index (χ1v) is 10.1. The van der Waals surface area contributed by atoms with Crippen molar-refractivity contribution in [3.05, 3.63) is 82.6 Å². The van der Waals surface area contributed by atoms with Crippen LogP contribution in [0.5, 0.6) is 0 Å². The van der Waals surface area contributed by atoms with Crippen LogP contribution in [-0.4, -0.2) is 26.6 Å². The maximum Gasteiger partial charge on any atom is 0.185 e. The molecule has 0 fully saturated rings. The second kappa shape index (κ2) is 6.65. The fourth-order valence-electron chi connectivity index (χ4n) is 3.70. The number of benzene rings is 2. The van der Waals surface area contributed by atoms with Gasteiger partial charge in [0.2, 0.25) is 0 Å². The molecule has 1 aliphatic rings. The first kappa shape index (κ1) is 17.3. The van der Waals surface area contributed by atoms with Crippen LogP contribution in [0.1, 0.15) is 28.5 Å². The molecule has 5 rings (SSSR count). The summed E-state index contributed by atoms with van der Waals surface area (Å²) in [5, 5.41) is 12.2. The Balaban J connectivity index is 1.44. The highest BCUT2D eigenvalue weighted by Crippen LogP contribution is 2.37. The highest BCUT2D eigenvalue weighted by molar-refractivity contribution is 7.15. The monoisotopic (exact) mass is 388 g/mol. The molecule has 1 aliphatic heterocycles. The third kappa shape index (κ3) is 2.95. The summed E-state index contributed by atoms with van der Waals surface area (Å²) in [5.74, 6) is 0. The summed E-state index contributed by atoms with van der Waals surface area (Å²) in [7, 11) is 0. The molecule has 140 valence electrons. The third-order valence-corrected chi connectivity index (χ3v) is 6.67. The van der Waals surface area contributed by atoms with E-state index in [2.05, 4.69) is 44.1 Å². The van der Waals surface area contributed by atoms with Crippen molar-refractivity contribution in [3.8, 4) is 0 Å². The van der Waals surface area contributed by atoms with Crippen molar-refractivity contribution in [3.63, 3.8) is 0 Å². The standard InChI is InChI=1S/C22H20N4OS/c1-22(27,17-6-7-18-19(12-17)24-10-9-23-18)20-13-25-21(28-20)26-11-8-15-4-2-3-5-16(15)14-26/h2-7,9-10,12-13,27H,8,11,14H2,1H3. The van der Waals surface area contributed by atoms with Crippen molar-refractivity contribution in [1.82, 2.24) is 15.0 Å². The Morgan fingerprint density at radius 3 is 2.64 bits per heavy atom. The number of rotatable bonds is 3. The van der Waals surface area contributed by atoms with Gasteiger partial charge in [0.15, 0.2) is 5.13 Å². The van der Waals surface area contributed by atoms with E-state index in [1.807, 2.05) is 25.1 Å². The Labute approximate surface area is 167 Å². The lowest BCUT2D eigenvalue weighted by Crippen LogP contribution is -2.30. The van der Waals surface area contributed by atoms with Gasteiger partial charge in [0, 0.05) is 31.7 Å². The largest absolute Gasteiger partial charge is 0.380 e. The summed E-state index contributed by atoms with van der Waals surface area (Å²) in [5.41, 5.74) is 4.02. The Morgan fingerprint density at radius 2 is 1.79 bits per heavy atom. The molecular formula is C22H20N4OS. The molecule has 0 spiro atoms. The Morgan fingerprint density at radius 1 is 1.00 bits per heavy atom. The first-order valence-electron chi connectivity index (χ1n) is 9.33. The Hall–Kier alpha value is -2.83. The van der Waals surface area contributed by atoms with Gasteiger partial charge in [0.1, 0.15) is 5.60 Å². The lowest BCUT2D eigenvalue weighted by atomic mass is 9.94. The lowest BCUT2D eigenvalue weighted by Gasteiger charge is -2.28. The zero-order chi connectivity index (χ0) is 19.1. The SMILES string of the molecule is CC(O)(c1ccc2nccnc2c1)c1cnc(N2CCc3ccccc3C2)s1. The number of anilines is 1. The second-order valence-electron chi connectivity index (χ2n) is 7.28. The molecule has 0 amide bonds. The maximum atomic E-state index is 11.3. The molecule has 28 heavy (non-hydrogen) atoms. The molecule has 0 aliphatic carbocycles. The van der Waals surface area contributed by atoms with E-state index >= 15 is 0 Å². The number of nitrogens with zero attached hydrogens (tertiary/aromatic N) is 4. The molecular weight excluding hydrogens is 368 g/mol. The van der Waals surface area contributed by atoms with Gasteiger partial charge in [-0.2, -0.15) is 0 Å². The summed E-state index contributed by atoms with van der Waals surface area (Å²) in [6.07, 6.45) is 6.15. The topological polar surface area (TPSA) is 62.1 Å². The van der Waals surface area contributed by atoms with E-state index in [4.69, 9.17) is 0 Å². The fraction of sp³-hybridized carbons (Fsp3) is 0.227. The summed E-state index contributed by atoms with van der Waals surface area (Å²) >= 11 is 1.55. The van der Waals surface area contributed by atoms with E-state index in [-0.39, 0.29) is 0 Å². The van der Waals surface area contributed by atoms with Gasteiger partial charge >= 0.3 is 0 Å². The first-order chi connectivity index (χ1) is 13.6. The van der Waals surface area contributed by atoms with Crippen LogP contribution in [0.2, 0.25) is 0 Å². The molecule has 4 aromatic rings. The number of hydrogen-bond acceptors (Lipinski definition) is 6. The van der Waals surface area contributed by atoms with Gasteiger partial charge in [-0.15, -0.1) is 0 Å². The minimum atomic E-state index is -1.13. The summed E-state index contributed by atoms with van der Waals surface area (Å²) in [4.78, 5) is 16.4. The van der Waals surface area contributed by atoms with E-state index in [0.717, 1.165) is 46.1 Å². The van der Waals surface area contributed by atoms with Gasteiger partial charge in [-0.3, -0.25) is 9.97 Å². The summed E-state index contributed by atoms with van der Waals surface area (Å²) < 4.78 is 0. The van der Waals surface area contributed by atoms with E-state index in [1.54, 1.807) is 29.9 Å². The van der Waals surface area contributed by atoms with Gasteiger partial charge < -0.3 is 10.0 Å². The van der Waals surface area contributed by atoms with Crippen molar-refractivity contribution >= 4 is 27.5 Å². The molecule has 0 saturated carbocycles. The zero-order valence-electron chi connectivity index (χ0n) is 15.5. The Bertz CT molecular complexity index is 1150. The van der Waals surface area contributed by atoms with Gasteiger partial charge in [0.25, 0.3) is 0 Å². The van der Waals surface area contributed by atoms with Crippen molar-refractivity contribution in [2.75, 3.05) is 11.4 Å². The molecule has 0 radical (unpaired) electrons. The van der Waals surface area contributed by atoms with Crippen molar-refractivity contribution in [2.45, 2.75) is 25.5 Å². The lowest BCUT2D eigenvalue weighted by molar-refractivity contribution is 0.106. The van der Waals surface area contributed by atoms with Crippen LogP contribution in [-0.2, 0) is 18.6 Å². The van der Waals surface area contributed by atoms with Gasteiger partial charge in [-0.25, -0.2) is 4.98 Å². The van der Waals surface area contributed by atoms with E-state index in [9.17, 15) is 5.11 Å². The number of hydrogen-bond donors (Lipinski definition) is 1. The average molecular weight is 388 g/mol. The minimum Gasteiger partial charge on any atom is -0.380 e. The smallest absolute Gasteiger partial charge is 0.185 e. The maximum absolute atomic E-state index is 11.3. The normalized spacial score (nSPS) is 16.0. The van der Waals surface area contributed by atoms with Crippen LogP contribution in [0.4, 0.5) is 5.13 Å². The number of aromatic nitrogens is 3. The number of thiazole rings is 1. The molecule has 0 bridgehead atoms. The predicted octanol–water partition coefficient (Wildman–Crippen LogP) is 3.90. The molecule has 6 heteroatoms. The molecule has 1 unspecified atom stereocenters. The van der Waals surface area contributed by atoms with Crippen LogP contribution in [0, 0.1) is 0 Å². The van der Waals surface area contributed by atoms with Gasteiger partial charge in [0.05, 0.1) is 15.9 Å². The number of fused-ring (bicyclic) bond motifs is 2. The van der Waals surface area contributed by atoms with Crippen LogP contribution in [0.15, 0.2) is 61.1 Å². The summed E-state index contributed by atoms with van der Waals surface area (Å²) in [6.45, 7) is 3.61. The Kier molecular flexibility index (Phi) is 4.10. The van der Waals surface area contributed by atoms with Gasteiger partial charge in [-0.1, -0.05) is 41.7 Å². The third-order valence-electron chi connectivity index (χ3n) is 5.41. The minimum absolute atomic E-state index is 0.776. The van der Waals surface area contributed by atoms with Crippen LogP contribution >= 0.6 is 11.3 Å². The van der Waals surface area contributed by atoms with Crippen LogP contribution in [0.25, 0.3) is 11.0 Å². The van der Waals surface area contributed by atoms with Crippen LogP contribution < -0.4 is 4.90 Å². The van der Waals surface area contributed by atoms with Crippen molar-refractivity contribution < 1.29 is 5.11 Å². The van der Waals surface area contributed by atoms with Crippen molar-refractivity contribution in [1.29, 1.82) is 0 Å². The molecule has 5 nitrogen and oxygen atoms in total. The van der Waals surface area contributed by atoms with E-state index in [1.165, 1.54) is 11.1 Å². The predicted molar refractivity (Wildman–Crippen MR) is 112 cm³/mol. The molecule has 1 N–H and O–H groups in total. The molecule has 2 aromatic carbocycles. The molecule has 2 aromatic heterocycles. The van der Waals surface area contributed by atoms with E-state index in [0.29, 0.717) is 0 Å². The molecule has 3 heterocycles. The molecule has 0 saturated heterocycles.